The molecule has 0 radical (unpaired) electrons. The first-order valence-electron chi connectivity index (χ1n) is 21.3. The van der Waals surface area contributed by atoms with E-state index in [4.69, 9.17) is 28.1 Å². The highest BCUT2D eigenvalue weighted by Crippen LogP contribution is 2.45. The van der Waals surface area contributed by atoms with E-state index in [1.165, 1.54) is 11.7 Å². The molecule has 3 heterocycles. The van der Waals surface area contributed by atoms with E-state index in [0.29, 0.717) is 57.9 Å². The number of aromatic nitrogens is 2. The van der Waals surface area contributed by atoms with Crippen molar-refractivity contribution >= 4 is 53.8 Å². The number of hydrogen-bond donors (Lipinski definition) is 1. The van der Waals surface area contributed by atoms with E-state index < -0.39 is 26.5 Å². The molecule has 0 spiro atoms. The molecule has 1 aliphatic rings. The molecule has 1 N–H and O–H groups in total. The summed E-state index contributed by atoms with van der Waals surface area (Å²) in [4.78, 5) is 48.1. The van der Waals surface area contributed by atoms with Crippen molar-refractivity contribution in [3.63, 3.8) is 0 Å². The summed E-state index contributed by atoms with van der Waals surface area (Å²) < 4.78 is 38.0. The number of carbonyl (C=O) groups excluding carboxylic acids is 3. The van der Waals surface area contributed by atoms with Gasteiger partial charge in [-0.25, -0.2) is 14.2 Å². The smallest absolute Gasteiger partial charge is 0.419 e. The Bertz CT molecular complexity index is 2810. The fourth-order valence-corrected chi connectivity index (χ4v) is 9.14. The summed E-state index contributed by atoms with van der Waals surface area (Å²) in [6, 6.07) is 37.7. The molecule has 2 aromatic heterocycles. The van der Waals surface area contributed by atoms with Gasteiger partial charge in [0.05, 0.1) is 32.6 Å². The maximum atomic E-state index is 15.2. The molecule has 12 nitrogen and oxygen atoms in total. The number of hydrogen-bond acceptors (Lipinski definition) is 9. The number of fused-ring (bicyclic) bond motifs is 4. The zero-order valence-electron chi connectivity index (χ0n) is 37.2. The fourth-order valence-electron chi connectivity index (χ4n) is 7.80. The van der Waals surface area contributed by atoms with Crippen LogP contribution in [0.2, 0.25) is 18.1 Å². The van der Waals surface area contributed by atoms with E-state index in [1.807, 2.05) is 109 Å². The molecule has 64 heavy (non-hydrogen) atoms. The van der Waals surface area contributed by atoms with Crippen LogP contribution in [-0.2, 0) is 40.1 Å². The third-order valence-corrected chi connectivity index (χ3v) is 16.7. The zero-order chi connectivity index (χ0) is 45.2. The first kappa shape index (κ1) is 43.8. The molecule has 0 saturated carbocycles. The lowest BCUT2D eigenvalue weighted by Crippen LogP contribution is -2.50. The lowest BCUT2D eigenvalue weighted by Gasteiger charge is -2.43. The lowest BCUT2D eigenvalue weighted by molar-refractivity contribution is 0.0585. The Kier molecular flexibility index (Phi) is 12.4. The Balaban J connectivity index is 1.26. The summed E-state index contributed by atoms with van der Waals surface area (Å²) in [5, 5.41) is 1.16. The first-order valence-corrected chi connectivity index (χ1v) is 24.2. The van der Waals surface area contributed by atoms with Crippen molar-refractivity contribution in [2.45, 2.75) is 71.2 Å². The van der Waals surface area contributed by atoms with Crippen LogP contribution in [0.3, 0.4) is 0 Å². The van der Waals surface area contributed by atoms with Crippen LogP contribution in [0, 0.1) is 0 Å². The minimum absolute atomic E-state index is 0.0349. The van der Waals surface area contributed by atoms with Crippen molar-refractivity contribution in [2.75, 3.05) is 25.7 Å². The van der Waals surface area contributed by atoms with Gasteiger partial charge >= 0.3 is 12.1 Å². The number of ether oxygens (including phenoxy) is 5. The maximum absolute atomic E-state index is 15.2. The fraction of sp³-hybridized carbons (Fsp3) is 0.275. The number of aromatic amines is 1. The Morgan fingerprint density at radius 1 is 0.734 bits per heavy atom. The highest BCUT2D eigenvalue weighted by Gasteiger charge is 2.42. The molecule has 7 aromatic rings. The van der Waals surface area contributed by atoms with Gasteiger partial charge in [-0.1, -0.05) is 112 Å². The number of nitrogens with zero attached hydrogens (tertiary/aromatic N) is 2. The predicted octanol–water partition coefficient (Wildman–Crippen LogP) is 10.9. The van der Waals surface area contributed by atoms with Crippen LogP contribution in [0.4, 0.5) is 10.5 Å². The Labute approximate surface area is 373 Å². The zero-order valence-corrected chi connectivity index (χ0v) is 38.2. The third kappa shape index (κ3) is 8.99. The van der Waals surface area contributed by atoms with Crippen molar-refractivity contribution in [3.05, 3.63) is 155 Å². The summed E-state index contributed by atoms with van der Waals surface area (Å²) in [6.07, 6.45) is -0.840. The second kappa shape index (κ2) is 18.1. The van der Waals surface area contributed by atoms with Crippen LogP contribution in [-0.4, -0.2) is 62.7 Å². The van der Waals surface area contributed by atoms with Crippen LogP contribution in [0.25, 0.3) is 21.8 Å². The standard InChI is InChI=1S/C51H53N3O9Si/c1-51(2,3)64(6,7)63-37-25-38-39-26-43(49(56)59-5)54(50(57)62-32-35-21-15-10-16-22-35)47(39)46(61-31-34-19-13-9-14-20-34)28-42(38)53(29-37)48(55)41-23-36-24-45(44(58-4)27-40(36)52-41)60-30-33-17-11-8-12-18-33/h8-24,26-28,37,52H,25,29-32H2,1-7H3/t37-/m0/s1. The molecule has 0 saturated heterocycles. The quantitative estimate of drug-likeness (QED) is 0.0888. The normalized spacial score (nSPS) is 14.0. The number of rotatable bonds is 13. The summed E-state index contributed by atoms with van der Waals surface area (Å²) in [5.41, 5.74) is 5.22. The molecule has 330 valence electrons. The number of amides is 1. The van der Waals surface area contributed by atoms with Crippen molar-refractivity contribution in [2.24, 2.45) is 0 Å². The van der Waals surface area contributed by atoms with Gasteiger partial charge in [0, 0.05) is 34.8 Å². The molecular formula is C51H53N3O9Si. The highest BCUT2D eigenvalue weighted by atomic mass is 28.4. The molecule has 0 unspecified atom stereocenters. The molecule has 5 aromatic carbocycles. The van der Waals surface area contributed by atoms with Gasteiger partial charge in [0.2, 0.25) is 0 Å². The van der Waals surface area contributed by atoms with Gasteiger partial charge in [-0.3, -0.25) is 4.79 Å². The van der Waals surface area contributed by atoms with E-state index in [9.17, 15) is 9.59 Å². The Hall–Kier alpha value is -6.83. The van der Waals surface area contributed by atoms with Crippen LogP contribution in [0.15, 0.2) is 121 Å². The molecular weight excluding hydrogens is 827 g/mol. The lowest BCUT2D eigenvalue weighted by atomic mass is 9.95. The topological polar surface area (TPSA) is 131 Å². The van der Waals surface area contributed by atoms with Gasteiger partial charge < -0.3 is 38.0 Å². The minimum atomic E-state index is -2.40. The number of carbonyl (C=O) groups is 3. The average molecular weight is 880 g/mol. The SMILES string of the molecule is COC(=O)c1cc2c3c(cc(OCc4ccccc4)c2n1C(=O)OCc1ccccc1)N(C(=O)c1cc2cc(OCc4ccccc4)c(OC)cc2[nH]1)C[C@@H](O[Si](C)(C)C(C)(C)C)C3. The van der Waals surface area contributed by atoms with Crippen LogP contribution in [0.1, 0.15) is 64.0 Å². The van der Waals surface area contributed by atoms with Gasteiger partial charge in [-0.15, -0.1) is 0 Å². The van der Waals surface area contributed by atoms with Crippen LogP contribution in [0.5, 0.6) is 17.2 Å². The molecule has 1 atom stereocenters. The second-order valence-electron chi connectivity index (χ2n) is 17.5. The maximum Gasteiger partial charge on any atom is 0.419 e. The molecule has 1 amide bonds. The number of benzene rings is 5. The number of esters is 1. The van der Waals surface area contributed by atoms with Crippen molar-refractivity contribution < 1.29 is 42.5 Å². The molecule has 8 rings (SSSR count). The van der Waals surface area contributed by atoms with E-state index in [2.05, 4.69) is 38.8 Å². The minimum Gasteiger partial charge on any atom is -0.493 e. The predicted molar refractivity (Wildman–Crippen MR) is 249 cm³/mol. The third-order valence-electron chi connectivity index (χ3n) is 12.1. The van der Waals surface area contributed by atoms with Gasteiger partial charge in [0.25, 0.3) is 5.91 Å². The Morgan fingerprint density at radius 3 is 1.91 bits per heavy atom. The summed E-state index contributed by atoms with van der Waals surface area (Å²) in [5.74, 6) is 0.279. The largest absolute Gasteiger partial charge is 0.493 e. The van der Waals surface area contributed by atoms with Crippen LogP contribution < -0.4 is 19.1 Å². The van der Waals surface area contributed by atoms with Crippen molar-refractivity contribution in [1.29, 1.82) is 0 Å². The summed E-state index contributed by atoms with van der Waals surface area (Å²) in [7, 11) is 0.442. The van der Waals surface area contributed by atoms with Gasteiger partial charge in [-0.2, -0.15) is 0 Å². The monoisotopic (exact) mass is 879 g/mol. The molecule has 0 aliphatic carbocycles. The molecule has 0 fully saturated rings. The van der Waals surface area contributed by atoms with E-state index in [-0.39, 0.29) is 42.1 Å². The van der Waals surface area contributed by atoms with Gasteiger partial charge in [0.15, 0.2) is 19.8 Å². The van der Waals surface area contributed by atoms with E-state index >= 15 is 4.79 Å². The molecule has 1 aliphatic heterocycles. The van der Waals surface area contributed by atoms with Crippen molar-refractivity contribution in [1.82, 2.24) is 9.55 Å². The second-order valence-corrected chi connectivity index (χ2v) is 22.2. The van der Waals surface area contributed by atoms with E-state index in [0.717, 1.165) is 22.1 Å². The number of methoxy groups -OCH3 is 2. The summed E-state index contributed by atoms with van der Waals surface area (Å²) in [6.45, 7) is 11.6. The first-order chi connectivity index (χ1) is 30.7. The van der Waals surface area contributed by atoms with Crippen molar-refractivity contribution in [3.8, 4) is 17.2 Å². The number of H-pyrrole nitrogens is 1. The number of nitrogens with one attached hydrogen (secondary N) is 1. The summed E-state index contributed by atoms with van der Waals surface area (Å²) >= 11 is 0. The highest BCUT2D eigenvalue weighted by molar-refractivity contribution is 6.74. The molecule has 0 bridgehead atoms. The van der Waals surface area contributed by atoms with Gasteiger partial charge in [-0.05, 0) is 58.6 Å². The van der Waals surface area contributed by atoms with Gasteiger partial charge in [0.1, 0.15) is 42.5 Å². The molecule has 13 heteroatoms. The number of anilines is 1. The van der Waals surface area contributed by atoms with Crippen LogP contribution >= 0.6 is 0 Å². The average Bonchev–Trinajstić information content (AvgIpc) is 3.91. The van der Waals surface area contributed by atoms with E-state index in [1.54, 1.807) is 24.1 Å². The Morgan fingerprint density at radius 2 is 1.33 bits per heavy atom.